The fraction of sp³-hybridized carbons (Fsp3) is 0.250. The van der Waals surface area contributed by atoms with Crippen LogP contribution in [0.2, 0.25) is 0 Å². The summed E-state index contributed by atoms with van der Waals surface area (Å²) in [5, 5.41) is 21.5. The van der Waals surface area contributed by atoms with Gasteiger partial charge in [0.15, 0.2) is 0 Å². The number of aromatic hydroxyl groups is 1. The third kappa shape index (κ3) is 2.11. The molecule has 0 amide bonds. The van der Waals surface area contributed by atoms with Crippen molar-refractivity contribution >= 4 is 0 Å². The fourth-order valence-corrected chi connectivity index (χ4v) is 1.03. The number of nitrogens with zero attached hydrogens (tertiary/aromatic N) is 3. The van der Waals surface area contributed by atoms with Crippen LogP contribution in [0.3, 0.4) is 0 Å². The normalized spacial score (nSPS) is 11.8. The van der Waals surface area contributed by atoms with E-state index in [9.17, 15) is 5.11 Å². The lowest BCUT2D eigenvalue weighted by molar-refractivity contribution is 0.265. The first kappa shape index (κ1) is 9.38. The maximum Gasteiger partial charge on any atom is 0.119 e. The number of azide groups is 1. The Morgan fingerprint density at radius 1 is 1.46 bits per heavy atom. The van der Waals surface area contributed by atoms with E-state index in [2.05, 4.69) is 10.0 Å². The predicted octanol–water partition coefficient (Wildman–Crippen LogP) is 1.74. The van der Waals surface area contributed by atoms with Gasteiger partial charge in [-0.15, -0.1) is 0 Å². The molecule has 0 spiro atoms. The lowest BCUT2D eigenvalue weighted by Crippen LogP contribution is -1.99. The highest BCUT2D eigenvalue weighted by molar-refractivity contribution is 5.34. The number of para-hydroxylation sites is 1. The van der Waals surface area contributed by atoms with Gasteiger partial charge < -0.3 is 10.2 Å². The van der Waals surface area contributed by atoms with Crippen molar-refractivity contribution in [1.82, 2.24) is 0 Å². The maximum absolute atomic E-state index is 9.34. The van der Waals surface area contributed by atoms with Crippen LogP contribution in [0, 0.1) is 0 Å². The van der Waals surface area contributed by atoms with Crippen molar-refractivity contribution in [2.75, 3.05) is 6.61 Å². The topological polar surface area (TPSA) is 89.2 Å². The van der Waals surface area contributed by atoms with Gasteiger partial charge in [0.1, 0.15) is 5.75 Å². The lowest BCUT2D eigenvalue weighted by atomic mass is 10.1. The molecule has 2 N–H and O–H groups in total. The van der Waals surface area contributed by atoms with E-state index >= 15 is 0 Å². The van der Waals surface area contributed by atoms with Crippen LogP contribution in [0.15, 0.2) is 29.4 Å². The predicted molar refractivity (Wildman–Crippen MR) is 47.1 cm³/mol. The van der Waals surface area contributed by atoms with Gasteiger partial charge in [-0.1, -0.05) is 23.3 Å². The monoisotopic (exact) mass is 179 g/mol. The zero-order valence-corrected chi connectivity index (χ0v) is 6.83. The number of phenolic OH excluding ortho intramolecular Hbond substituents is 1. The summed E-state index contributed by atoms with van der Waals surface area (Å²) in [6.45, 7) is -0.318. The number of hydrogen-bond acceptors (Lipinski definition) is 3. The second-order valence-corrected chi connectivity index (χ2v) is 2.46. The highest BCUT2D eigenvalue weighted by atomic mass is 16.3. The smallest absolute Gasteiger partial charge is 0.119 e. The summed E-state index contributed by atoms with van der Waals surface area (Å²) >= 11 is 0. The Labute approximate surface area is 74.9 Å². The van der Waals surface area contributed by atoms with Crippen LogP contribution in [0.1, 0.15) is 11.6 Å². The molecule has 5 heteroatoms. The molecule has 0 aromatic heterocycles. The molecule has 0 radical (unpaired) electrons. The van der Waals surface area contributed by atoms with E-state index in [1.54, 1.807) is 18.2 Å². The summed E-state index contributed by atoms with van der Waals surface area (Å²) in [5.74, 6) is 0.0222. The SMILES string of the molecule is [N-]=[N+]=NC(CO)c1ccccc1O. The Bertz CT molecular complexity index is 334. The summed E-state index contributed by atoms with van der Waals surface area (Å²) < 4.78 is 0. The van der Waals surface area contributed by atoms with Crippen LogP contribution in [0.25, 0.3) is 10.4 Å². The minimum atomic E-state index is -0.716. The van der Waals surface area contributed by atoms with E-state index in [0.29, 0.717) is 5.56 Å². The van der Waals surface area contributed by atoms with Gasteiger partial charge in [-0.25, -0.2) is 0 Å². The number of phenols is 1. The van der Waals surface area contributed by atoms with Crippen molar-refractivity contribution in [3.8, 4) is 5.75 Å². The van der Waals surface area contributed by atoms with E-state index < -0.39 is 6.04 Å². The molecule has 1 rings (SSSR count). The second-order valence-electron chi connectivity index (χ2n) is 2.46. The Hall–Kier alpha value is -1.71. The summed E-state index contributed by atoms with van der Waals surface area (Å²) in [7, 11) is 0. The zero-order chi connectivity index (χ0) is 9.68. The quantitative estimate of drug-likeness (QED) is 0.420. The minimum Gasteiger partial charge on any atom is -0.508 e. The van der Waals surface area contributed by atoms with Gasteiger partial charge in [0, 0.05) is 10.5 Å². The molecule has 0 bridgehead atoms. The van der Waals surface area contributed by atoms with Crippen molar-refractivity contribution in [1.29, 1.82) is 0 Å². The van der Waals surface area contributed by atoms with Crippen LogP contribution in [0.5, 0.6) is 5.75 Å². The van der Waals surface area contributed by atoms with Gasteiger partial charge in [-0.2, -0.15) is 0 Å². The summed E-state index contributed by atoms with van der Waals surface area (Å²) in [4.78, 5) is 2.58. The molecule has 0 saturated carbocycles. The average molecular weight is 179 g/mol. The summed E-state index contributed by atoms with van der Waals surface area (Å²) in [6, 6.07) is 5.72. The first-order valence-corrected chi connectivity index (χ1v) is 3.72. The van der Waals surface area contributed by atoms with Gasteiger partial charge in [0.25, 0.3) is 0 Å². The Morgan fingerprint density at radius 3 is 2.69 bits per heavy atom. The summed E-state index contributed by atoms with van der Waals surface area (Å²) in [6.07, 6.45) is 0. The third-order valence-electron chi connectivity index (χ3n) is 1.66. The Balaban J connectivity index is 3.04. The number of aliphatic hydroxyl groups is 1. The van der Waals surface area contributed by atoms with Gasteiger partial charge in [0.05, 0.1) is 12.6 Å². The second kappa shape index (κ2) is 4.35. The van der Waals surface area contributed by atoms with E-state index in [4.69, 9.17) is 10.6 Å². The van der Waals surface area contributed by atoms with Crippen LogP contribution in [0.4, 0.5) is 0 Å². The van der Waals surface area contributed by atoms with Crippen molar-refractivity contribution < 1.29 is 10.2 Å². The molecule has 1 atom stereocenters. The molecule has 0 saturated heterocycles. The van der Waals surface area contributed by atoms with Crippen LogP contribution >= 0.6 is 0 Å². The molecular formula is C8H9N3O2. The van der Waals surface area contributed by atoms with E-state index in [0.717, 1.165) is 0 Å². The van der Waals surface area contributed by atoms with Gasteiger partial charge >= 0.3 is 0 Å². The molecule has 0 heterocycles. The standard InChI is InChI=1S/C8H9N3O2/c9-11-10-7(5-12)6-3-1-2-4-8(6)13/h1-4,7,12-13H,5H2. The van der Waals surface area contributed by atoms with Crippen molar-refractivity contribution in [3.05, 3.63) is 40.3 Å². The third-order valence-corrected chi connectivity index (χ3v) is 1.66. The minimum absolute atomic E-state index is 0.0222. The lowest BCUT2D eigenvalue weighted by Gasteiger charge is -2.08. The molecule has 0 aliphatic rings. The fourth-order valence-electron chi connectivity index (χ4n) is 1.03. The van der Waals surface area contributed by atoms with Crippen LogP contribution in [-0.4, -0.2) is 16.8 Å². The molecular weight excluding hydrogens is 170 g/mol. The number of rotatable bonds is 3. The van der Waals surface area contributed by atoms with E-state index in [1.807, 2.05) is 0 Å². The molecule has 13 heavy (non-hydrogen) atoms. The molecule has 1 aromatic carbocycles. The summed E-state index contributed by atoms with van der Waals surface area (Å²) in [5.41, 5.74) is 8.62. The van der Waals surface area contributed by atoms with Crippen LogP contribution < -0.4 is 0 Å². The number of aliphatic hydroxyl groups excluding tert-OH is 1. The molecule has 1 aromatic rings. The number of hydrogen-bond donors (Lipinski definition) is 2. The van der Waals surface area contributed by atoms with Crippen molar-refractivity contribution in [3.63, 3.8) is 0 Å². The molecule has 0 aliphatic heterocycles. The molecule has 5 nitrogen and oxygen atoms in total. The van der Waals surface area contributed by atoms with E-state index in [1.165, 1.54) is 6.07 Å². The van der Waals surface area contributed by atoms with Gasteiger partial charge in [0.2, 0.25) is 0 Å². The van der Waals surface area contributed by atoms with Gasteiger partial charge in [-0.05, 0) is 11.6 Å². The first-order chi connectivity index (χ1) is 6.29. The van der Waals surface area contributed by atoms with Crippen molar-refractivity contribution in [2.24, 2.45) is 5.11 Å². The van der Waals surface area contributed by atoms with Crippen molar-refractivity contribution in [2.45, 2.75) is 6.04 Å². The van der Waals surface area contributed by atoms with Crippen LogP contribution in [-0.2, 0) is 0 Å². The highest BCUT2D eigenvalue weighted by Crippen LogP contribution is 2.25. The molecule has 0 fully saturated rings. The number of benzene rings is 1. The first-order valence-electron chi connectivity index (χ1n) is 3.72. The Morgan fingerprint density at radius 2 is 2.15 bits per heavy atom. The maximum atomic E-state index is 9.34. The molecule has 0 aliphatic carbocycles. The largest absolute Gasteiger partial charge is 0.508 e. The highest BCUT2D eigenvalue weighted by Gasteiger charge is 2.11. The Kier molecular flexibility index (Phi) is 3.14. The average Bonchev–Trinajstić information content (AvgIpc) is 2.16. The molecule has 68 valence electrons. The van der Waals surface area contributed by atoms with Gasteiger partial charge in [-0.3, -0.25) is 0 Å². The zero-order valence-electron chi connectivity index (χ0n) is 6.83. The van der Waals surface area contributed by atoms with E-state index in [-0.39, 0.29) is 12.4 Å². The molecule has 1 unspecified atom stereocenters.